The van der Waals surface area contributed by atoms with Crippen LogP contribution in [0, 0.1) is 5.82 Å². The molecule has 0 heterocycles. The number of hydrogen-bond donors (Lipinski definition) is 1. The Morgan fingerprint density at radius 2 is 1.59 bits per heavy atom. The Labute approximate surface area is 221 Å². The fourth-order valence-corrected chi connectivity index (χ4v) is 4.92. The van der Waals surface area contributed by atoms with Crippen LogP contribution in [0.15, 0.2) is 78.9 Å². The number of carbonyl (C=O) groups excluding carboxylic acids is 2. The first kappa shape index (κ1) is 28.1. The minimum Gasteiger partial charge on any atom is -0.355 e. The van der Waals surface area contributed by atoms with E-state index in [1.807, 2.05) is 30.3 Å². The zero-order valence-electron chi connectivity index (χ0n) is 20.6. The number of nitrogens with zero attached hydrogens (tertiary/aromatic N) is 2. The first-order valence-electron chi connectivity index (χ1n) is 11.7. The molecule has 37 heavy (non-hydrogen) atoms. The fraction of sp³-hybridized carbons (Fsp3) is 0.259. The molecule has 2 amide bonds. The fourth-order valence-electron chi connectivity index (χ4n) is 3.88. The summed E-state index contributed by atoms with van der Waals surface area (Å²) in [6.07, 6.45) is 1.17. The molecule has 3 rings (SSSR count). The molecule has 0 spiro atoms. The molecule has 196 valence electrons. The number of rotatable bonds is 11. The average molecular weight is 546 g/mol. The number of nitrogens with one attached hydrogen (secondary N) is 1. The molecule has 3 aromatic rings. The Hall–Kier alpha value is -3.43. The Balaban J connectivity index is 2.04. The molecule has 3 aromatic carbocycles. The van der Waals surface area contributed by atoms with Gasteiger partial charge in [0, 0.05) is 24.5 Å². The van der Waals surface area contributed by atoms with Crippen LogP contribution in [0.1, 0.15) is 18.1 Å². The molecular weight excluding hydrogens is 517 g/mol. The van der Waals surface area contributed by atoms with Crippen LogP contribution >= 0.6 is 11.6 Å². The van der Waals surface area contributed by atoms with Crippen LogP contribution in [0.25, 0.3) is 0 Å². The molecule has 1 N–H and O–H groups in total. The second kappa shape index (κ2) is 12.7. The highest BCUT2D eigenvalue weighted by atomic mass is 35.5. The summed E-state index contributed by atoms with van der Waals surface area (Å²) in [6.45, 7) is 1.52. The largest absolute Gasteiger partial charge is 0.355 e. The summed E-state index contributed by atoms with van der Waals surface area (Å²) in [6, 6.07) is 20.0. The average Bonchev–Trinajstić information content (AvgIpc) is 2.86. The number of hydrogen-bond acceptors (Lipinski definition) is 4. The maximum Gasteiger partial charge on any atom is 0.244 e. The van der Waals surface area contributed by atoms with Gasteiger partial charge in [-0.25, -0.2) is 12.8 Å². The molecule has 10 heteroatoms. The topological polar surface area (TPSA) is 86.8 Å². The molecule has 0 aliphatic rings. The van der Waals surface area contributed by atoms with Gasteiger partial charge >= 0.3 is 0 Å². The number of likely N-dealkylation sites (N-methyl/N-ethyl adjacent to an activating group) is 1. The lowest BCUT2D eigenvalue weighted by molar-refractivity contribution is -0.140. The second-order valence-electron chi connectivity index (χ2n) is 8.46. The first-order chi connectivity index (χ1) is 17.6. The van der Waals surface area contributed by atoms with Gasteiger partial charge in [-0.15, -0.1) is 0 Å². The summed E-state index contributed by atoms with van der Waals surface area (Å²) < 4.78 is 39.7. The SMILES string of the molecule is CCNC(=O)[C@@H](Cc1ccccc1)N(Cc1ccccc1Cl)C(=O)CN(c1ccc(F)cc1)S(C)(=O)=O. The van der Waals surface area contributed by atoms with Gasteiger partial charge in [-0.2, -0.15) is 0 Å². The molecule has 0 saturated carbocycles. The second-order valence-corrected chi connectivity index (χ2v) is 10.8. The number of carbonyl (C=O) groups is 2. The predicted molar refractivity (Wildman–Crippen MR) is 143 cm³/mol. The van der Waals surface area contributed by atoms with Crippen LogP contribution in [0.4, 0.5) is 10.1 Å². The summed E-state index contributed by atoms with van der Waals surface area (Å²) in [4.78, 5) is 28.4. The zero-order valence-corrected chi connectivity index (χ0v) is 22.2. The Morgan fingerprint density at radius 1 is 0.973 bits per heavy atom. The molecule has 0 unspecified atom stereocenters. The van der Waals surface area contributed by atoms with E-state index in [0.717, 1.165) is 28.3 Å². The van der Waals surface area contributed by atoms with Crippen molar-refractivity contribution in [3.05, 3.63) is 101 Å². The summed E-state index contributed by atoms with van der Waals surface area (Å²) in [5.74, 6) is -1.52. The van der Waals surface area contributed by atoms with Gasteiger partial charge in [0.25, 0.3) is 0 Å². The van der Waals surface area contributed by atoms with Crippen LogP contribution in [-0.4, -0.2) is 50.5 Å². The lowest BCUT2D eigenvalue weighted by Crippen LogP contribution is -2.53. The molecule has 0 aliphatic carbocycles. The van der Waals surface area contributed by atoms with E-state index < -0.39 is 34.3 Å². The van der Waals surface area contributed by atoms with Crippen molar-refractivity contribution in [3.63, 3.8) is 0 Å². The number of halogens is 2. The van der Waals surface area contributed by atoms with E-state index in [-0.39, 0.29) is 24.6 Å². The van der Waals surface area contributed by atoms with E-state index in [1.165, 1.54) is 17.0 Å². The van der Waals surface area contributed by atoms with Crippen molar-refractivity contribution in [2.45, 2.75) is 25.9 Å². The molecule has 0 fully saturated rings. The quantitative estimate of drug-likeness (QED) is 0.394. The molecule has 0 saturated heterocycles. The number of anilines is 1. The van der Waals surface area contributed by atoms with Crippen molar-refractivity contribution >= 4 is 39.1 Å². The van der Waals surface area contributed by atoms with Gasteiger partial charge in [-0.05, 0) is 48.4 Å². The van der Waals surface area contributed by atoms with Crippen LogP contribution in [0.2, 0.25) is 5.02 Å². The van der Waals surface area contributed by atoms with Crippen molar-refractivity contribution in [2.75, 3.05) is 23.7 Å². The van der Waals surface area contributed by atoms with Gasteiger partial charge in [-0.3, -0.25) is 13.9 Å². The Bertz CT molecular complexity index is 1320. The summed E-state index contributed by atoms with van der Waals surface area (Å²) in [5, 5.41) is 3.19. The molecule has 7 nitrogen and oxygen atoms in total. The van der Waals surface area contributed by atoms with E-state index in [4.69, 9.17) is 11.6 Å². The summed E-state index contributed by atoms with van der Waals surface area (Å²) >= 11 is 6.39. The predicted octanol–water partition coefficient (Wildman–Crippen LogP) is 4.02. The molecule has 0 bridgehead atoms. The van der Waals surface area contributed by atoms with Gasteiger partial charge < -0.3 is 10.2 Å². The van der Waals surface area contributed by atoms with Gasteiger partial charge in [0.1, 0.15) is 18.4 Å². The number of sulfonamides is 1. The maximum atomic E-state index is 13.8. The Kier molecular flexibility index (Phi) is 9.66. The molecule has 0 aliphatic heterocycles. The van der Waals surface area contributed by atoms with E-state index in [0.29, 0.717) is 17.1 Å². The van der Waals surface area contributed by atoms with Crippen molar-refractivity contribution in [1.29, 1.82) is 0 Å². The Morgan fingerprint density at radius 3 is 2.19 bits per heavy atom. The van der Waals surface area contributed by atoms with Gasteiger partial charge in [-0.1, -0.05) is 60.1 Å². The van der Waals surface area contributed by atoms with E-state index in [1.54, 1.807) is 31.2 Å². The first-order valence-corrected chi connectivity index (χ1v) is 13.9. The monoisotopic (exact) mass is 545 g/mol. The minimum absolute atomic E-state index is 0.0197. The van der Waals surface area contributed by atoms with Crippen LogP contribution in [0.5, 0.6) is 0 Å². The van der Waals surface area contributed by atoms with Crippen LogP contribution in [0.3, 0.4) is 0 Å². The zero-order chi connectivity index (χ0) is 27.0. The van der Waals surface area contributed by atoms with Crippen molar-refractivity contribution < 1.29 is 22.4 Å². The smallest absolute Gasteiger partial charge is 0.244 e. The lowest BCUT2D eigenvalue weighted by Gasteiger charge is -2.33. The highest BCUT2D eigenvalue weighted by molar-refractivity contribution is 7.92. The molecule has 1 atom stereocenters. The van der Waals surface area contributed by atoms with Gasteiger partial charge in [0.2, 0.25) is 21.8 Å². The van der Waals surface area contributed by atoms with Crippen molar-refractivity contribution in [2.24, 2.45) is 0 Å². The number of benzene rings is 3. The lowest BCUT2D eigenvalue weighted by atomic mass is 10.0. The van der Waals surface area contributed by atoms with Crippen LogP contribution in [-0.2, 0) is 32.6 Å². The molecule has 0 aromatic heterocycles. The molecular formula is C27H29ClFN3O4S. The highest BCUT2D eigenvalue weighted by Crippen LogP contribution is 2.23. The van der Waals surface area contributed by atoms with E-state index in [9.17, 15) is 22.4 Å². The third-order valence-electron chi connectivity index (χ3n) is 5.71. The normalized spacial score (nSPS) is 12.0. The third-order valence-corrected chi connectivity index (χ3v) is 7.22. The van der Waals surface area contributed by atoms with Gasteiger partial charge in [0.05, 0.1) is 11.9 Å². The van der Waals surface area contributed by atoms with Crippen molar-refractivity contribution in [3.8, 4) is 0 Å². The third kappa shape index (κ3) is 7.77. The van der Waals surface area contributed by atoms with E-state index >= 15 is 0 Å². The van der Waals surface area contributed by atoms with E-state index in [2.05, 4.69) is 5.32 Å². The number of amides is 2. The minimum atomic E-state index is -3.92. The van der Waals surface area contributed by atoms with Gasteiger partial charge in [0.15, 0.2) is 0 Å². The summed E-state index contributed by atoms with van der Waals surface area (Å²) in [5.41, 5.74) is 1.56. The summed E-state index contributed by atoms with van der Waals surface area (Å²) in [7, 11) is -3.92. The van der Waals surface area contributed by atoms with Crippen molar-refractivity contribution in [1.82, 2.24) is 10.2 Å². The molecule has 0 radical (unpaired) electrons. The highest BCUT2D eigenvalue weighted by Gasteiger charge is 2.33. The van der Waals surface area contributed by atoms with Crippen LogP contribution < -0.4 is 9.62 Å². The standard InChI is InChI=1S/C27H29ClFN3O4S/c1-3-30-27(34)25(17-20-9-5-4-6-10-20)31(18-21-11-7-8-12-24(21)28)26(33)19-32(37(2,35)36)23-15-13-22(29)14-16-23/h4-16,25H,3,17-19H2,1-2H3,(H,30,34)/t25-/m1/s1. The maximum absolute atomic E-state index is 13.8.